The number of carbonyl (C=O) groups excluding carboxylic acids is 1. The Labute approximate surface area is 168 Å². The van der Waals surface area contributed by atoms with Crippen molar-refractivity contribution in [3.63, 3.8) is 0 Å². The minimum Gasteiger partial charge on any atom is -0.379 e. The molecular formula is C20H31N3O4S. The van der Waals surface area contributed by atoms with Gasteiger partial charge in [0.25, 0.3) is 5.91 Å². The number of amides is 1. The second kappa shape index (κ2) is 8.90. The third-order valence-corrected chi connectivity index (χ3v) is 7.53. The lowest BCUT2D eigenvalue weighted by molar-refractivity contribution is -0.00923. The molecule has 2 aliphatic rings. The first-order chi connectivity index (χ1) is 13.3. The lowest BCUT2D eigenvalue weighted by Crippen LogP contribution is -2.55. The van der Waals surface area contributed by atoms with E-state index in [2.05, 4.69) is 24.1 Å². The summed E-state index contributed by atoms with van der Waals surface area (Å²) in [7, 11) is -3.47. The number of hydrogen-bond donors (Lipinski definition) is 1. The van der Waals surface area contributed by atoms with Crippen LogP contribution in [0.2, 0.25) is 0 Å². The Morgan fingerprint density at radius 3 is 2.25 bits per heavy atom. The summed E-state index contributed by atoms with van der Waals surface area (Å²) in [5.41, 5.74) is 0.298. The first-order valence-electron chi connectivity index (χ1n) is 10.0. The van der Waals surface area contributed by atoms with Crippen LogP contribution < -0.4 is 5.32 Å². The fourth-order valence-electron chi connectivity index (χ4n) is 3.71. The summed E-state index contributed by atoms with van der Waals surface area (Å²) in [6.07, 6.45) is 2.88. The fraction of sp³-hybridized carbons (Fsp3) is 0.650. The smallest absolute Gasteiger partial charge is 0.251 e. The van der Waals surface area contributed by atoms with Gasteiger partial charge in [0.2, 0.25) is 10.0 Å². The van der Waals surface area contributed by atoms with Crippen LogP contribution in [0.3, 0.4) is 0 Å². The van der Waals surface area contributed by atoms with Gasteiger partial charge in [-0.1, -0.05) is 6.42 Å². The fourth-order valence-corrected chi connectivity index (χ4v) is 5.23. The van der Waals surface area contributed by atoms with Gasteiger partial charge in [0.1, 0.15) is 0 Å². The molecule has 8 heteroatoms. The average Bonchev–Trinajstić information content (AvgIpc) is 2.73. The normalized spacial score (nSPS) is 20.1. The van der Waals surface area contributed by atoms with Crippen molar-refractivity contribution in [2.75, 3.05) is 45.9 Å². The van der Waals surface area contributed by atoms with Gasteiger partial charge in [-0.15, -0.1) is 0 Å². The summed E-state index contributed by atoms with van der Waals surface area (Å²) in [5.74, 6) is -0.191. The molecule has 0 bridgehead atoms. The van der Waals surface area contributed by atoms with Crippen molar-refractivity contribution in [1.29, 1.82) is 0 Å². The highest BCUT2D eigenvalue weighted by molar-refractivity contribution is 7.89. The summed E-state index contributed by atoms with van der Waals surface area (Å²) < 4.78 is 32.3. The van der Waals surface area contributed by atoms with E-state index < -0.39 is 10.0 Å². The maximum atomic E-state index is 12.7. The van der Waals surface area contributed by atoms with Gasteiger partial charge >= 0.3 is 0 Å². The van der Waals surface area contributed by atoms with E-state index in [4.69, 9.17) is 4.74 Å². The third kappa shape index (κ3) is 4.92. The maximum Gasteiger partial charge on any atom is 0.251 e. The monoisotopic (exact) mass is 409 g/mol. The molecule has 7 nitrogen and oxygen atoms in total. The number of nitrogens with one attached hydrogen (secondary N) is 1. The number of ether oxygens (including phenoxy) is 1. The molecule has 0 unspecified atom stereocenters. The molecule has 0 aromatic heterocycles. The van der Waals surface area contributed by atoms with E-state index in [1.54, 1.807) is 12.1 Å². The molecule has 0 spiro atoms. The molecule has 2 fully saturated rings. The van der Waals surface area contributed by atoms with Crippen LogP contribution in [0.25, 0.3) is 0 Å². The van der Waals surface area contributed by atoms with Crippen molar-refractivity contribution in [3.8, 4) is 0 Å². The van der Waals surface area contributed by atoms with E-state index in [1.807, 2.05) is 0 Å². The van der Waals surface area contributed by atoms with E-state index in [9.17, 15) is 13.2 Å². The van der Waals surface area contributed by atoms with Crippen LogP contribution in [0.4, 0.5) is 0 Å². The van der Waals surface area contributed by atoms with Crippen LogP contribution in [0.1, 0.15) is 43.5 Å². The van der Waals surface area contributed by atoms with Gasteiger partial charge in [-0.25, -0.2) is 8.42 Å². The SMILES string of the molecule is CC(C)(CNC(=O)c1ccc(S(=O)(=O)N2CCCCC2)cc1)N1CCOCC1. The largest absolute Gasteiger partial charge is 0.379 e. The number of hydrogen-bond acceptors (Lipinski definition) is 5. The van der Waals surface area contributed by atoms with Crippen LogP contribution in [-0.2, 0) is 14.8 Å². The van der Waals surface area contributed by atoms with Gasteiger partial charge in [0, 0.05) is 43.8 Å². The minimum atomic E-state index is -3.47. The predicted molar refractivity (Wildman–Crippen MR) is 108 cm³/mol. The molecule has 0 saturated carbocycles. The van der Waals surface area contributed by atoms with Crippen LogP contribution in [-0.4, -0.2) is 75.0 Å². The molecule has 1 aromatic rings. The van der Waals surface area contributed by atoms with Gasteiger partial charge in [0.05, 0.1) is 18.1 Å². The molecule has 0 radical (unpaired) electrons. The van der Waals surface area contributed by atoms with Gasteiger partial charge in [-0.2, -0.15) is 4.31 Å². The van der Waals surface area contributed by atoms with Crippen LogP contribution in [0, 0.1) is 0 Å². The number of carbonyl (C=O) groups is 1. The second-order valence-electron chi connectivity index (χ2n) is 8.08. The molecule has 2 aliphatic heterocycles. The zero-order chi connectivity index (χ0) is 20.2. The number of sulfonamides is 1. The summed E-state index contributed by atoms with van der Waals surface area (Å²) >= 11 is 0. The van der Waals surface area contributed by atoms with Crippen molar-refractivity contribution in [2.24, 2.45) is 0 Å². The van der Waals surface area contributed by atoms with Gasteiger partial charge in [-0.3, -0.25) is 9.69 Å². The van der Waals surface area contributed by atoms with E-state index in [0.717, 1.165) is 32.4 Å². The first kappa shape index (κ1) is 21.2. The quantitative estimate of drug-likeness (QED) is 0.774. The Hall–Kier alpha value is -1.48. The molecule has 0 atom stereocenters. The Morgan fingerprint density at radius 1 is 1.04 bits per heavy atom. The number of nitrogens with zero attached hydrogens (tertiary/aromatic N) is 2. The van der Waals surface area contributed by atoms with Crippen LogP contribution in [0.15, 0.2) is 29.2 Å². The first-order valence-corrected chi connectivity index (χ1v) is 11.5. The third-order valence-electron chi connectivity index (χ3n) is 5.62. The van der Waals surface area contributed by atoms with Crippen molar-refractivity contribution in [3.05, 3.63) is 29.8 Å². The molecule has 28 heavy (non-hydrogen) atoms. The van der Waals surface area contributed by atoms with Crippen molar-refractivity contribution >= 4 is 15.9 Å². The van der Waals surface area contributed by atoms with Crippen LogP contribution >= 0.6 is 0 Å². The highest BCUT2D eigenvalue weighted by atomic mass is 32.2. The summed E-state index contributed by atoms with van der Waals surface area (Å²) in [5, 5.41) is 2.98. The highest BCUT2D eigenvalue weighted by Crippen LogP contribution is 2.21. The van der Waals surface area contributed by atoms with E-state index in [-0.39, 0.29) is 16.3 Å². The summed E-state index contributed by atoms with van der Waals surface area (Å²) in [6.45, 7) is 8.99. The number of benzene rings is 1. The standard InChI is InChI=1S/C20H31N3O4S/c1-20(2,22-12-14-27-15-13-22)16-21-19(24)17-6-8-18(9-7-17)28(25,26)23-10-4-3-5-11-23/h6-9H,3-5,10-16H2,1-2H3,(H,21,24). The molecule has 1 amide bonds. The topological polar surface area (TPSA) is 79.0 Å². The van der Waals surface area contributed by atoms with Gasteiger partial charge in [-0.05, 0) is 51.0 Å². The molecule has 156 valence electrons. The summed E-state index contributed by atoms with van der Waals surface area (Å²) in [6, 6.07) is 6.25. The number of rotatable bonds is 6. The molecule has 3 rings (SSSR count). The van der Waals surface area contributed by atoms with E-state index >= 15 is 0 Å². The zero-order valence-corrected chi connectivity index (χ0v) is 17.6. The summed E-state index contributed by atoms with van der Waals surface area (Å²) in [4.78, 5) is 15.1. The van der Waals surface area contributed by atoms with Crippen molar-refractivity contribution in [1.82, 2.24) is 14.5 Å². The van der Waals surface area contributed by atoms with E-state index in [1.165, 1.54) is 16.4 Å². The molecular weight excluding hydrogens is 378 g/mol. The van der Waals surface area contributed by atoms with Gasteiger partial charge in [0.15, 0.2) is 0 Å². The zero-order valence-electron chi connectivity index (χ0n) is 16.8. The minimum absolute atomic E-state index is 0.170. The molecule has 0 aliphatic carbocycles. The Morgan fingerprint density at radius 2 is 1.64 bits per heavy atom. The maximum absolute atomic E-state index is 12.7. The van der Waals surface area contributed by atoms with Crippen LogP contribution in [0.5, 0.6) is 0 Å². The molecule has 2 heterocycles. The highest BCUT2D eigenvalue weighted by Gasteiger charge is 2.29. The van der Waals surface area contributed by atoms with Crippen molar-refractivity contribution in [2.45, 2.75) is 43.5 Å². The van der Waals surface area contributed by atoms with Gasteiger partial charge < -0.3 is 10.1 Å². The molecule has 2 saturated heterocycles. The van der Waals surface area contributed by atoms with Crippen molar-refractivity contribution < 1.29 is 17.9 Å². The Kier molecular flexibility index (Phi) is 6.75. The Balaban J connectivity index is 1.60. The second-order valence-corrected chi connectivity index (χ2v) is 10.0. The van der Waals surface area contributed by atoms with E-state index in [0.29, 0.717) is 38.4 Å². The molecule has 1 aromatic carbocycles. The number of piperidine rings is 1. The average molecular weight is 410 g/mol. The molecule has 1 N–H and O–H groups in total. The predicted octanol–water partition coefficient (Wildman–Crippen LogP) is 1.70. The Bertz CT molecular complexity index is 765. The number of morpholine rings is 1. The lowest BCUT2D eigenvalue weighted by Gasteiger charge is -2.40. The lowest BCUT2D eigenvalue weighted by atomic mass is 10.0.